The summed E-state index contributed by atoms with van der Waals surface area (Å²) in [5.41, 5.74) is 2.06. The summed E-state index contributed by atoms with van der Waals surface area (Å²) in [6, 6.07) is 12.0. The maximum Gasteiger partial charge on any atom is 0.239 e. The van der Waals surface area contributed by atoms with E-state index in [4.69, 9.17) is 0 Å². The molecule has 3 rings (SSSR count). The van der Waals surface area contributed by atoms with Crippen LogP contribution in [0.3, 0.4) is 0 Å². The first-order valence-electron chi connectivity index (χ1n) is 7.79. The Kier molecular flexibility index (Phi) is 6.19. The Bertz CT molecular complexity index is 637. The van der Waals surface area contributed by atoms with E-state index in [9.17, 15) is 4.79 Å². The average molecular weight is 335 g/mol. The highest BCUT2D eigenvalue weighted by molar-refractivity contribution is 5.91. The second-order valence-corrected chi connectivity index (χ2v) is 5.94. The minimum Gasteiger partial charge on any atom is -0.310 e. The van der Waals surface area contributed by atoms with Crippen LogP contribution >= 0.6 is 12.4 Å². The summed E-state index contributed by atoms with van der Waals surface area (Å²) < 4.78 is 1.84. The summed E-state index contributed by atoms with van der Waals surface area (Å²) in [6.07, 6.45) is 2.58. The molecule has 6 heteroatoms. The molecule has 1 aliphatic carbocycles. The third kappa shape index (κ3) is 5.37. The van der Waals surface area contributed by atoms with Gasteiger partial charge in [-0.25, -0.2) is 4.68 Å². The van der Waals surface area contributed by atoms with Crippen LogP contribution in [-0.2, 0) is 11.3 Å². The van der Waals surface area contributed by atoms with Gasteiger partial charge >= 0.3 is 0 Å². The zero-order valence-electron chi connectivity index (χ0n) is 13.3. The van der Waals surface area contributed by atoms with Gasteiger partial charge in [-0.2, -0.15) is 5.10 Å². The molecule has 0 spiro atoms. The number of hydrogen-bond donors (Lipinski definition) is 2. The van der Waals surface area contributed by atoms with Gasteiger partial charge in [-0.05, 0) is 37.8 Å². The number of carbonyl (C=O) groups excluding carboxylic acids is 1. The minimum absolute atomic E-state index is 0. The molecule has 1 aromatic heterocycles. The molecule has 0 aliphatic heterocycles. The highest BCUT2D eigenvalue weighted by atomic mass is 35.5. The number of anilines is 1. The number of aryl methyl sites for hydroxylation is 1. The lowest BCUT2D eigenvalue weighted by Gasteiger charge is -2.09. The Balaban J connectivity index is 0.00000192. The molecule has 1 fully saturated rings. The topological polar surface area (TPSA) is 59.0 Å². The van der Waals surface area contributed by atoms with Crippen molar-refractivity contribution in [2.24, 2.45) is 5.92 Å². The number of nitrogens with zero attached hydrogens (tertiary/aromatic N) is 2. The maximum atomic E-state index is 12.0. The predicted octanol–water partition coefficient (Wildman–Crippen LogP) is 2.60. The third-order valence-corrected chi connectivity index (χ3v) is 3.76. The number of aromatic nitrogens is 2. The van der Waals surface area contributed by atoms with Crippen molar-refractivity contribution < 1.29 is 4.79 Å². The van der Waals surface area contributed by atoms with E-state index in [0.717, 1.165) is 29.5 Å². The molecule has 0 radical (unpaired) electrons. The van der Waals surface area contributed by atoms with Gasteiger partial charge in [-0.1, -0.05) is 30.3 Å². The van der Waals surface area contributed by atoms with Crippen molar-refractivity contribution in [3.63, 3.8) is 0 Å². The van der Waals surface area contributed by atoms with E-state index in [2.05, 4.69) is 27.9 Å². The highest BCUT2D eigenvalue weighted by Crippen LogP contribution is 2.27. The summed E-state index contributed by atoms with van der Waals surface area (Å²) in [4.78, 5) is 12.0. The van der Waals surface area contributed by atoms with Crippen LogP contribution in [0.25, 0.3) is 0 Å². The second-order valence-electron chi connectivity index (χ2n) is 5.94. The number of nitrogens with one attached hydrogen (secondary N) is 2. The van der Waals surface area contributed by atoms with E-state index < -0.39 is 0 Å². The molecule has 1 amide bonds. The fourth-order valence-corrected chi connectivity index (χ4v) is 2.42. The SMILES string of the molecule is Cc1cc(NC(=O)CNCC2CC2)n(Cc2ccccc2)n1.Cl. The molecule has 0 saturated heterocycles. The Morgan fingerprint density at radius 1 is 1.30 bits per heavy atom. The first-order valence-corrected chi connectivity index (χ1v) is 7.79. The number of benzene rings is 1. The first kappa shape index (κ1) is 17.5. The van der Waals surface area contributed by atoms with E-state index in [-0.39, 0.29) is 18.3 Å². The fourth-order valence-electron chi connectivity index (χ4n) is 2.42. The summed E-state index contributed by atoms with van der Waals surface area (Å²) in [5.74, 6) is 1.51. The highest BCUT2D eigenvalue weighted by Gasteiger charge is 2.20. The number of rotatable bonds is 7. The van der Waals surface area contributed by atoms with Crippen LogP contribution in [0.4, 0.5) is 5.82 Å². The van der Waals surface area contributed by atoms with Crippen molar-refractivity contribution in [3.05, 3.63) is 47.7 Å². The fraction of sp³-hybridized carbons (Fsp3) is 0.412. The van der Waals surface area contributed by atoms with E-state index >= 15 is 0 Å². The van der Waals surface area contributed by atoms with Crippen LogP contribution in [0.1, 0.15) is 24.1 Å². The van der Waals surface area contributed by atoms with Crippen LogP contribution in [0.5, 0.6) is 0 Å². The van der Waals surface area contributed by atoms with Gasteiger partial charge in [0.15, 0.2) is 0 Å². The second kappa shape index (κ2) is 8.13. The van der Waals surface area contributed by atoms with Crippen molar-refractivity contribution in [1.82, 2.24) is 15.1 Å². The van der Waals surface area contributed by atoms with Crippen LogP contribution in [0, 0.1) is 12.8 Å². The summed E-state index contributed by atoms with van der Waals surface area (Å²) in [5, 5.41) is 10.6. The molecule has 0 atom stereocenters. The smallest absolute Gasteiger partial charge is 0.239 e. The van der Waals surface area contributed by atoms with Crippen LogP contribution in [0.2, 0.25) is 0 Å². The lowest BCUT2D eigenvalue weighted by Crippen LogP contribution is -2.30. The van der Waals surface area contributed by atoms with Gasteiger partial charge in [0, 0.05) is 6.07 Å². The first-order chi connectivity index (χ1) is 10.7. The molecule has 23 heavy (non-hydrogen) atoms. The van der Waals surface area contributed by atoms with Gasteiger partial charge in [-0.3, -0.25) is 4.79 Å². The van der Waals surface area contributed by atoms with Gasteiger partial charge in [0.05, 0.1) is 18.8 Å². The molecular weight excluding hydrogens is 312 g/mol. The number of carbonyl (C=O) groups is 1. The molecule has 1 aromatic carbocycles. The number of halogens is 1. The van der Waals surface area contributed by atoms with E-state index in [1.807, 2.05) is 35.9 Å². The Morgan fingerprint density at radius 2 is 2.04 bits per heavy atom. The molecule has 1 saturated carbocycles. The van der Waals surface area contributed by atoms with E-state index in [0.29, 0.717) is 13.1 Å². The third-order valence-electron chi connectivity index (χ3n) is 3.76. The molecule has 0 bridgehead atoms. The largest absolute Gasteiger partial charge is 0.310 e. The van der Waals surface area contributed by atoms with Crippen molar-refractivity contribution in [1.29, 1.82) is 0 Å². The summed E-state index contributed by atoms with van der Waals surface area (Å²) in [6.45, 7) is 3.88. The summed E-state index contributed by atoms with van der Waals surface area (Å²) >= 11 is 0. The van der Waals surface area contributed by atoms with Gasteiger partial charge in [0.2, 0.25) is 5.91 Å². The number of hydrogen-bond acceptors (Lipinski definition) is 3. The molecule has 2 N–H and O–H groups in total. The van der Waals surface area contributed by atoms with Crippen LogP contribution in [-0.4, -0.2) is 28.8 Å². The Morgan fingerprint density at radius 3 is 2.74 bits per heavy atom. The van der Waals surface area contributed by atoms with Gasteiger partial charge in [0.1, 0.15) is 5.82 Å². The standard InChI is InChI=1S/C17H22N4O.ClH/c1-13-9-16(19-17(22)11-18-10-14-7-8-14)21(20-13)12-15-5-3-2-4-6-15;/h2-6,9,14,18H,7-8,10-12H2,1H3,(H,19,22);1H. The lowest BCUT2D eigenvalue weighted by atomic mass is 10.2. The number of amides is 1. The van der Waals surface area contributed by atoms with Gasteiger partial charge < -0.3 is 10.6 Å². The maximum absolute atomic E-state index is 12.0. The molecule has 5 nitrogen and oxygen atoms in total. The van der Waals surface area contributed by atoms with E-state index in [1.165, 1.54) is 12.8 Å². The normalized spacial score (nSPS) is 13.4. The predicted molar refractivity (Wildman–Crippen MR) is 94.0 cm³/mol. The summed E-state index contributed by atoms with van der Waals surface area (Å²) in [7, 11) is 0. The zero-order valence-corrected chi connectivity index (χ0v) is 14.1. The molecule has 124 valence electrons. The van der Waals surface area contributed by atoms with Crippen LogP contribution < -0.4 is 10.6 Å². The van der Waals surface area contributed by atoms with Gasteiger partial charge in [-0.15, -0.1) is 12.4 Å². The molecular formula is C17H23ClN4O. The minimum atomic E-state index is -0.0186. The molecule has 1 heterocycles. The van der Waals surface area contributed by atoms with Crippen molar-refractivity contribution >= 4 is 24.1 Å². The molecule has 1 aliphatic rings. The quantitative estimate of drug-likeness (QED) is 0.818. The Labute approximate surface area is 142 Å². The average Bonchev–Trinajstić information content (AvgIpc) is 3.25. The molecule has 2 aromatic rings. The van der Waals surface area contributed by atoms with E-state index in [1.54, 1.807) is 0 Å². The molecule has 0 unspecified atom stereocenters. The lowest BCUT2D eigenvalue weighted by molar-refractivity contribution is -0.115. The monoisotopic (exact) mass is 334 g/mol. The van der Waals surface area contributed by atoms with Crippen molar-refractivity contribution in [2.75, 3.05) is 18.4 Å². The van der Waals surface area contributed by atoms with Crippen LogP contribution in [0.15, 0.2) is 36.4 Å². The zero-order chi connectivity index (χ0) is 15.4. The van der Waals surface area contributed by atoms with Crippen molar-refractivity contribution in [3.8, 4) is 0 Å². The Hall–Kier alpha value is -1.85. The van der Waals surface area contributed by atoms with Crippen molar-refractivity contribution in [2.45, 2.75) is 26.3 Å². The van der Waals surface area contributed by atoms with Gasteiger partial charge in [0.25, 0.3) is 0 Å².